The molecule has 0 aliphatic carbocycles. The number of ether oxygens (including phenoxy) is 3. The summed E-state index contributed by atoms with van der Waals surface area (Å²) >= 11 is 0. The molecule has 0 fully saturated rings. The van der Waals surface area contributed by atoms with Crippen molar-refractivity contribution in [3.05, 3.63) is 12.1 Å². The van der Waals surface area contributed by atoms with Crippen LogP contribution in [0.5, 0.6) is 17.2 Å². The van der Waals surface area contributed by atoms with Crippen molar-refractivity contribution < 1.29 is 19.0 Å². The minimum atomic E-state index is -0.107. The van der Waals surface area contributed by atoms with E-state index in [0.717, 1.165) is 0 Å². The molecule has 6 heteroatoms. The van der Waals surface area contributed by atoms with Crippen molar-refractivity contribution in [2.45, 2.75) is 6.42 Å². The number of anilines is 1. The first kappa shape index (κ1) is 15.1. The van der Waals surface area contributed by atoms with E-state index in [1.807, 2.05) is 0 Å². The van der Waals surface area contributed by atoms with Gasteiger partial charge in [0.05, 0.1) is 21.3 Å². The highest BCUT2D eigenvalue weighted by atomic mass is 16.5. The van der Waals surface area contributed by atoms with E-state index >= 15 is 0 Å². The predicted molar refractivity (Wildman–Crippen MR) is 73.2 cm³/mol. The van der Waals surface area contributed by atoms with Crippen LogP contribution in [0.25, 0.3) is 0 Å². The summed E-state index contributed by atoms with van der Waals surface area (Å²) in [6, 6.07) is 3.40. The fourth-order valence-corrected chi connectivity index (χ4v) is 1.73. The van der Waals surface area contributed by atoms with E-state index < -0.39 is 0 Å². The maximum atomic E-state index is 11.9. The molecule has 19 heavy (non-hydrogen) atoms. The largest absolute Gasteiger partial charge is 0.496 e. The Kier molecular flexibility index (Phi) is 5.44. The number of carbonyl (C=O) groups is 1. The summed E-state index contributed by atoms with van der Waals surface area (Å²) < 4.78 is 15.7. The third kappa shape index (κ3) is 3.29. The normalized spacial score (nSPS) is 9.95. The molecular weight excluding hydrogens is 248 g/mol. The molecule has 0 aliphatic heterocycles. The third-order valence-corrected chi connectivity index (χ3v) is 2.76. The Morgan fingerprint density at radius 2 is 1.68 bits per heavy atom. The number of nitrogens with zero attached hydrogens (tertiary/aromatic N) is 1. The quantitative estimate of drug-likeness (QED) is 0.834. The van der Waals surface area contributed by atoms with E-state index in [0.29, 0.717) is 29.5 Å². The first-order valence-corrected chi connectivity index (χ1v) is 5.85. The van der Waals surface area contributed by atoms with Crippen LogP contribution in [0.1, 0.15) is 6.42 Å². The predicted octanol–water partition coefficient (Wildman–Crippen LogP) is 1.02. The lowest BCUT2D eigenvalue weighted by atomic mass is 10.2. The maximum Gasteiger partial charge on any atom is 0.228 e. The lowest BCUT2D eigenvalue weighted by molar-refractivity contribution is -0.118. The van der Waals surface area contributed by atoms with Crippen LogP contribution in [0.2, 0.25) is 0 Å². The summed E-state index contributed by atoms with van der Waals surface area (Å²) in [6.07, 6.45) is 0.259. The minimum Gasteiger partial charge on any atom is -0.496 e. The van der Waals surface area contributed by atoms with Crippen LogP contribution >= 0.6 is 0 Å². The Hall–Kier alpha value is -1.95. The molecule has 0 spiro atoms. The number of hydrogen-bond donors (Lipinski definition) is 1. The van der Waals surface area contributed by atoms with Gasteiger partial charge in [-0.25, -0.2) is 0 Å². The topological polar surface area (TPSA) is 74.0 Å². The lowest BCUT2D eigenvalue weighted by Gasteiger charge is -2.23. The van der Waals surface area contributed by atoms with E-state index in [4.69, 9.17) is 19.9 Å². The molecule has 1 rings (SSSR count). The van der Waals surface area contributed by atoms with Gasteiger partial charge in [0.25, 0.3) is 0 Å². The van der Waals surface area contributed by atoms with Gasteiger partial charge in [0.15, 0.2) is 0 Å². The van der Waals surface area contributed by atoms with Crippen molar-refractivity contribution in [2.24, 2.45) is 5.73 Å². The summed E-state index contributed by atoms with van der Waals surface area (Å²) in [5, 5.41) is 0. The number of nitrogens with two attached hydrogens (primary N) is 1. The number of methoxy groups -OCH3 is 3. The second-order valence-corrected chi connectivity index (χ2v) is 3.87. The van der Waals surface area contributed by atoms with Crippen LogP contribution in [-0.4, -0.2) is 40.8 Å². The number of rotatable bonds is 6. The maximum absolute atomic E-state index is 11.9. The van der Waals surface area contributed by atoms with Gasteiger partial charge >= 0.3 is 0 Å². The Bertz CT molecular complexity index is 423. The number of benzene rings is 1. The fraction of sp³-hybridized carbons (Fsp3) is 0.462. The molecule has 1 aromatic carbocycles. The molecule has 2 N–H and O–H groups in total. The van der Waals surface area contributed by atoms with Crippen LogP contribution in [0.15, 0.2) is 12.1 Å². The number of hydrogen-bond acceptors (Lipinski definition) is 5. The van der Waals surface area contributed by atoms with Gasteiger partial charge < -0.3 is 24.8 Å². The average Bonchev–Trinajstić information content (AvgIpc) is 2.44. The molecule has 0 unspecified atom stereocenters. The minimum absolute atomic E-state index is 0.107. The highest BCUT2D eigenvalue weighted by Crippen LogP contribution is 2.41. The first-order valence-electron chi connectivity index (χ1n) is 5.85. The van der Waals surface area contributed by atoms with Crippen LogP contribution < -0.4 is 24.8 Å². The van der Waals surface area contributed by atoms with Crippen molar-refractivity contribution in [2.75, 3.05) is 39.8 Å². The van der Waals surface area contributed by atoms with Gasteiger partial charge in [-0.2, -0.15) is 0 Å². The summed E-state index contributed by atoms with van der Waals surface area (Å²) in [5.41, 5.74) is 5.96. The van der Waals surface area contributed by atoms with Crippen LogP contribution in [0, 0.1) is 0 Å². The van der Waals surface area contributed by atoms with E-state index in [1.165, 1.54) is 19.1 Å². The molecule has 1 amide bonds. The van der Waals surface area contributed by atoms with Gasteiger partial charge in [0.1, 0.15) is 22.9 Å². The van der Waals surface area contributed by atoms with Gasteiger partial charge in [0.2, 0.25) is 5.91 Å². The molecule has 0 atom stereocenters. The van der Waals surface area contributed by atoms with Gasteiger partial charge in [-0.3, -0.25) is 4.79 Å². The van der Waals surface area contributed by atoms with Crippen molar-refractivity contribution in [1.29, 1.82) is 0 Å². The summed E-state index contributed by atoms with van der Waals surface area (Å²) in [7, 11) is 6.26. The van der Waals surface area contributed by atoms with Crippen molar-refractivity contribution in [3.63, 3.8) is 0 Å². The molecule has 0 aliphatic rings. The molecule has 1 aromatic rings. The molecule has 0 saturated heterocycles. The SMILES string of the molecule is COc1cc(OC)c(N(C)C(=O)CCN)c(OC)c1. The first-order chi connectivity index (χ1) is 9.08. The molecule has 6 nitrogen and oxygen atoms in total. The van der Waals surface area contributed by atoms with Gasteiger partial charge in [-0.1, -0.05) is 0 Å². The smallest absolute Gasteiger partial charge is 0.228 e. The van der Waals surface area contributed by atoms with Crippen LogP contribution in [0.4, 0.5) is 5.69 Å². The molecule has 0 aromatic heterocycles. The van der Waals surface area contributed by atoms with Gasteiger partial charge in [-0.15, -0.1) is 0 Å². The summed E-state index contributed by atoms with van der Waals surface area (Å²) in [5.74, 6) is 1.49. The third-order valence-electron chi connectivity index (χ3n) is 2.76. The Labute approximate surface area is 113 Å². The van der Waals surface area contributed by atoms with Crippen molar-refractivity contribution >= 4 is 11.6 Å². The second kappa shape index (κ2) is 6.84. The number of carbonyl (C=O) groups excluding carboxylic acids is 1. The number of amides is 1. The zero-order chi connectivity index (χ0) is 14.4. The zero-order valence-electron chi connectivity index (χ0n) is 11.7. The molecule has 0 bridgehead atoms. The summed E-state index contributed by atoms with van der Waals surface area (Å²) in [6.45, 7) is 0.296. The van der Waals surface area contributed by atoms with E-state index in [-0.39, 0.29) is 12.3 Å². The van der Waals surface area contributed by atoms with E-state index in [9.17, 15) is 4.79 Å². The molecule has 106 valence electrons. The Morgan fingerprint density at radius 3 is 2.05 bits per heavy atom. The molecule has 0 radical (unpaired) electrons. The molecular formula is C13H20N2O4. The van der Waals surface area contributed by atoms with Crippen LogP contribution in [-0.2, 0) is 4.79 Å². The van der Waals surface area contributed by atoms with Crippen molar-refractivity contribution in [3.8, 4) is 17.2 Å². The second-order valence-electron chi connectivity index (χ2n) is 3.87. The zero-order valence-corrected chi connectivity index (χ0v) is 11.7. The van der Waals surface area contributed by atoms with Gasteiger partial charge in [-0.05, 0) is 0 Å². The summed E-state index contributed by atoms with van der Waals surface area (Å²) in [4.78, 5) is 13.4. The molecule has 0 saturated carbocycles. The monoisotopic (exact) mass is 268 g/mol. The lowest BCUT2D eigenvalue weighted by Crippen LogP contribution is -2.28. The van der Waals surface area contributed by atoms with E-state index in [1.54, 1.807) is 26.3 Å². The van der Waals surface area contributed by atoms with Crippen molar-refractivity contribution in [1.82, 2.24) is 0 Å². The van der Waals surface area contributed by atoms with Gasteiger partial charge in [0, 0.05) is 32.1 Å². The van der Waals surface area contributed by atoms with E-state index in [2.05, 4.69) is 0 Å². The molecule has 0 heterocycles. The standard InChI is InChI=1S/C13H20N2O4/c1-15(12(16)5-6-14)13-10(18-3)7-9(17-2)8-11(13)19-4/h7-8H,5-6,14H2,1-4H3. The van der Waals surface area contributed by atoms with Crippen LogP contribution in [0.3, 0.4) is 0 Å². The highest BCUT2D eigenvalue weighted by Gasteiger charge is 2.21. The Balaban J connectivity index is 3.27. The fourth-order valence-electron chi connectivity index (χ4n) is 1.73. The average molecular weight is 268 g/mol. The Morgan fingerprint density at radius 1 is 1.16 bits per heavy atom. The highest BCUT2D eigenvalue weighted by molar-refractivity contribution is 5.96.